The first kappa shape index (κ1) is 19.3. The number of ether oxygens (including phenoxy) is 2. The van der Waals surface area contributed by atoms with Crippen LogP contribution in [0.4, 0.5) is 0 Å². The summed E-state index contributed by atoms with van der Waals surface area (Å²) < 4.78 is 16.5. The molecule has 29 heavy (non-hydrogen) atoms. The van der Waals surface area contributed by atoms with Crippen LogP contribution in [0.25, 0.3) is 22.6 Å². The Morgan fingerprint density at radius 1 is 1.14 bits per heavy atom. The minimum atomic E-state index is 0.288. The van der Waals surface area contributed by atoms with Crippen LogP contribution in [0.2, 0.25) is 10.3 Å². The molecule has 0 aliphatic heterocycles. The number of hydrogen-bond acceptors (Lipinski definition) is 6. The second kappa shape index (κ2) is 8.14. The molecule has 0 spiro atoms. The topological polar surface area (TPSA) is 86.1 Å². The second-order valence-corrected chi connectivity index (χ2v) is 6.89. The summed E-state index contributed by atoms with van der Waals surface area (Å²) in [5.41, 5.74) is 2.77. The zero-order chi connectivity index (χ0) is 20.4. The van der Waals surface area contributed by atoms with Crippen molar-refractivity contribution in [2.24, 2.45) is 0 Å². The van der Waals surface area contributed by atoms with Crippen molar-refractivity contribution in [1.82, 2.24) is 19.9 Å². The van der Waals surface area contributed by atoms with Crippen molar-refractivity contribution in [3.8, 4) is 34.1 Å². The molecule has 0 amide bonds. The van der Waals surface area contributed by atoms with Crippen molar-refractivity contribution in [3.05, 3.63) is 64.7 Å². The number of aromatic nitrogens is 4. The molecule has 0 fully saturated rings. The van der Waals surface area contributed by atoms with E-state index in [4.69, 9.17) is 37.1 Å². The van der Waals surface area contributed by atoms with Crippen LogP contribution in [0.3, 0.4) is 0 Å². The highest BCUT2D eigenvalue weighted by Crippen LogP contribution is 2.37. The van der Waals surface area contributed by atoms with Crippen molar-refractivity contribution in [2.45, 2.75) is 13.5 Å². The SMILES string of the molecule is COc1cc(OCc2coc(C)n2)ccc1-c1nc(-c2ccc(Cl)nc2)[nH]c1Cl. The summed E-state index contributed by atoms with van der Waals surface area (Å²) in [5.74, 6) is 2.38. The van der Waals surface area contributed by atoms with E-state index in [1.165, 1.54) is 0 Å². The molecule has 0 saturated carbocycles. The maximum absolute atomic E-state index is 6.40. The van der Waals surface area contributed by atoms with Gasteiger partial charge in [-0.3, -0.25) is 0 Å². The highest BCUT2D eigenvalue weighted by molar-refractivity contribution is 6.32. The minimum absolute atomic E-state index is 0.288. The first-order chi connectivity index (χ1) is 14.0. The van der Waals surface area contributed by atoms with Gasteiger partial charge in [0.15, 0.2) is 5.89 Å². The van der Waals surface area contributed by atoms with Gasteiger partial charge in [0, 0.05) is 30.3 Å². The summed E-state index contributed by atoms with van der Waals surface area (Å²) in [7, 11) is 1.58. The maximum Gasteiger partial charge on any atom is 0.191 e. The molecule has 1 N–H and O–H groups in total. The first-order valence-corrected chi connectivity index (χ1v) is 9.38. The van der Waals surface area contributed by atoms with Crippen LogP contribution in [0.5, 0.6) is 11.5 Å². The molecule has 148 valence electrons. The van der Waals surface area contributed by atoms with Gasteiger partial charge in [-0.05, 0) is 24.3 Å². The molecule has 9 heteroatoms. The van der Waals surface area contributed by atoms with E-state index in [1.807, 2.05) is 18.2 Å². The number of halogens is 2. The average Bonchev–Trinajstić information content (AvgIpc) is 3.32. The smallest absolute Gasteiger partial charge is 0.191 e. The van der Waals surface area contributed by atoms with E-state index in [-0.39, 0.29) is 6.61 Å². The molecule has 0 atom stereocenters. The van der Waals surface area contributed by atoms with Crippen molar-refractivity contribution in [2.75, 3.05) is 7.11 Å². The van der Waals surface area contributed by atoms with Crippen LogP contribution in [0.15, 0.2) is 47.2 Å². The number of aryl methyl sites for hydroxylation is 1. The van der Waals surface area contributed by atoms with Gasteiger partial charge in [0.2, 0.25) is 0 Å². The number of rotatable bonds is 6. The Morgan fingerprint density at radius 2 is 2.00 bits per heavy atom. The Hall–Kier alpha value is -3.03. The molecule has 3 aromatic heterocycles. The Kier molecular flexibility index (Phi) is 5.42. The molecule has 3 heterocycles. The van der Waals surface area contributed by atoms with E-state index < -0.39 is 0 Å². The van der Waals surface area contributed by atoms with E-state index in [0.717, 1.165) is 11.1 Å². The van der Waals surface area contributed by atoms with Crippen molar-refractivity contribution < 1.29 is 13.9 Å². The Morgan fingerprint density at radius 3 is 2.69 bits per heavy atom. The van der Waals surface area contributed by atoms with Crippen molar-refractivity contribution in [1.29, 1.82) is 0 Å². The fourth-order valence-electron chi connectivity index (χ4n) is 2.77. The molecule has 0 aliphatic rings. The van der Waals surface area contributed by atoms with Crippen LogP contribution in [-0.2, 0) is 6.61 Å². The van der Waals surface area contributed by atoms with Crippen LogP contribution >= 0.6 is 23.2 Å². The number of nitrogens with one attached hydrogen (secondary N) is 1. The van der Waals surface area contributed by atoms with Crippen LogP contribution in [0, 0.1) is 6.92 Å². The fraction of sp³-hybridized carbons (Fsp3) is 0.150. The van der Waals surface area contributed by atoms with Crippen LogP contribution in [-0.4, -0.2) is 27.0 Å². The molecular weight excluding hydrogens is 415 g/mol. The normalized spacial score (nSPS) is 10.9. The van der Waals surface area contributed by atoms with Gasteiger partial charge < -0.3 is 18.9 Å². The largest absolute Gasteiger partial charge is 0.496 e. The summed E-state index contributed by atoms with van der Waals surface area (Å²) >= 11 is 12.2. The van der Waals surface area contributed by atoms with Gasteiger partial charge in [0.05, 0.1) is 7.11 Å². The lowest BCUT2D eigenvalue weighted by Crippen LogP contribution is -1.97. The molecule has 7 nitrogen and oxygen atoms in total. The number of benzene rings is 1. The number of oxazole rings is 1. The van der Waals surface area contributed by atoms with E-state index >= 15 is 0 Å². The predicted molar refractivity (Wildman–Crippen MR) is 109 cm³/mol. The van der Waals surface area contributed by atoms with E-state index in [1.54, 1.807) is 38.6 Å². The number of nitrogens with zero attached hydrogens (tertiary/aromatic N) is 3. The Labute approximate surface area is 176 Å². The molecule has 0 radical (unpaired) electrons. The summed E-state index contributed by atoms with van der Waals surface area (Å²) in [6.45, 7) is 2.07. The third-order valence-corrected chi connectivity index (χ3v) is 4.64. The number of hydrogen-bond donors (Lipinski definition) is 1. The van der Waals surface area contributed by atoms with Gasteiger partial charge in [0.25, 0.3) is 0 Å². The van der Waals surface area contributed by atoms with E-state index in [0.29, 0.717) is 44.9 Å². The van der Waals surface area contributed by atoms with E-state index in [9.17, 15) is 0 Å². The van der Waals surface area contributed by atoms with Crippen LogP contribution in [0.1, 0.15) is 11.6 Å². The van der Waals surface area contributed by atoms with Crippen molar-refractivity contribution >= 4 is 23.2 Å². The first-order valence-electron chi connectivity index (χ1n) is 8.63. The number of methoxy groups -OCH3 is 1. The van der Waals surface area contributed by atoms with Crippen LogP contribution < -0.4 is 9.47 Å². The molecule has 4 rings (SSSR count). The highest BCUT2D eigenvalue weighted by Gasteiger charge is 2.17. The summed E-state index contributed by atoms with van der Waals surface area (Å²) in [6.07, 6.45) is 3.19. The maximum atomic E-state index is 6.40. The number of pyridine rings is 1. The molecule has 0 aliphatic carbocycles. The lowest BCUT2D eigenvalue weighted by molar-refractivity contribution is 0.298. The molecule has 0 unspecified atom stereocenters. The Balaban J connectivity index is 1.60. The zero-order valence-corrected chi connectivity index (χ0v) is 17.1. The molecular formula is C20H16Cl2N4O3. The lowest BCUT2D eigenvalue weighted by Gasteiger charge is -2.10. The standard InChI is InChI=1S/C20H16Cl2N4O3/c1-11-24-13(9-28-11)10-29-14-4-5-15(16(7-14)27-2)18-19(22)26-20(25-18)12-3-6-17(21)23-8-12/h3-9H,10H2,1-2H3,(H,25,26). The number of imidazole rings is 1. The highest BCUT2D eigenvalue weighted by atomic mass is 35.5. The number of aromatic amines is 1. The lowest BCUT2D eigenvalue weighted by atomic mass is 10.1. The summed E-state index contributed by atoms with van der Waals surface area (Å²) in [6, 6.07) is 8.94. The summed E-state index contributed by atoms with van der Waals surface area (Å²) in [5, 5.41) is 0.796. The third-order valence-electron chi connectivity index (χ3n) is 4.14. The Bertz CT molecular complexity index is 1140. The van der Waals surface area contributed by atoms with Gasteiger partial charge in [-0.25, -0.2) is 15.0 Å². The van der Waals surface area contributed by atoms with E-state index in [2.05, 4.69) is 19.9 Å². The molecule has 4 aromatic rings. The van der Waals surface area contributed by atoms with Gasteiger partial charge in [0.1, 0.15) is 51.9 Å². The van der Waals surface area contributed by atoms with Gasteiger partial charge >= 0.3 is 0 Å². The molecule has 1 aromatic carbocycles. The zero-order valence-electron chi connectivity index (χ0n) is 15.6. The summed E-state index contributed by atoms with van der Waals surface area (Å²) in [4.78, 5) is 15.9. The van der Waals surface area contributed by atoms with Gasteiger partial charge in [-0.2, -0.15) is 0 Å². The van der Waals surface area contributed by atoms with Gasteiger partial charge in [-0.15, -0.1) is 0 Å². The monoisotopic (exact) mass is 430 g/mol. The van der Waals surface area contributed by atoms with Gasteiger partial charge in [-0.1, -0.05) is 23.2 Å². The molecule has 0 saturated heterocycles. The second-order valence-electron chi connectivity index (χ2n) is 6.13. The third kappa shape index (κ3) is 4.21. The quantitative estimate of drug-likeness (QED) is 0.416. The minimum Gasteiger partial charge on any atom is -0.496 e. The van der Waals surface area contributed by atoms with Crippen molar-refractivity contribution in [3.63, 3.8) is 0 Å². The fourth-order valence-corrected chi connectivity index (χ4v) is 3.12. The predicted octanol–water partition coefficient (Wildman–Crippen LogP) is 5.33. The number of H-pyrrole nitrogens is 1. The molecule has 0 bridgehead atoms. The average molecular weight is 431 g/mol.